The summed E-state index contributed by atoms with van der Waals surface area (Å²) in [6, 6.07) is 0. The van der Waals surface area contributed by atoms with Crippen LogP contribution in [-0.4, -0.2) is 28.3 Å². The first kappa shape index (κ1) is 16.1. The van der Waals surface area contributed by atoms with Gasteiger partial charge in [0.05, 0.1) is 23.5 Å². The Hall–Kier alpha value is -1.34. The van der Waals surface area contributed by atoms with Crippen molar-refractivity contribution in [1.29, 1.82) is 0 Å². The van der Waals surface area contributed by atoms with Crippen LogP contribution < -0.4 is 5.56 Å². The van der Waals surface area contributed by atoms with E-state index in [9.17, 15) is 9.59 Å². The molecule has 4 rings (SSSR count). The molecule has 0 unspecified atom stereocenters. The molecule has 2 aromatic rings. The first-order chi connectivity index (χ1) is 11.6. The normalized spacial score (nSPS) is 21.9. The Balaban J connectivity index is 1.35. The van der Waals surface area contributed by atoms with Crippen LogP contribution in [0.1, 0.15) is 36.0 Å². The first-order valence-electron chi connectivity index (χ1n) is 8.38. The maximum atomic E-state index is 12.3. The van der Waals surface area contributed by atoms with Gasteiger partial charge in [-0.05, 0) is 43.1 Å². The molecule has 2 aromatic heterocycles. The van der Waals surface area contributed by atoms with Crippen molar-refractivity contribution in [3.05, 3.63) is 26.6 Å². The fourth-order valence-electron chi connectivity index (χ4n) is 3.22. The minimum absolute atomic E-state index is 0.0414. The number of ether oxygens (including phenoxy) is 1. The average Bonchev–Trinajstić information content (AvgIpc) is 2.92. The van der Waals surface area contributed by atoms with Crippen LogP contribution in [0.2, 0.25) is 0 Å². The monoisotopic (exact) mass is 364 g/mol. The lowest BCUT2D eigenvalue weighted by molar-refractivity contribution is -0.140. The number of aryl methyl sites for hydroxylation is 2. The van der Waals surface area contributed by atoms with Crippen LogP contribution in [0.4, 0.5) is 0 Å². The van der Waals surface area contributed by atoms with Gasteiger partial charge in [0.15, 0.2) is 0 Å². The van der Waals surface area contributed by atoms with Crippen molar-refractivity contribution >= 4 is 39.3 Å². The molecule has 2 aliphatic rings. The fraction of sp³-hybridized carbons (Fsp3) is 0.588. The van der Waals surface area contributed by atoms with Gasteiger partial charge in [-0.2, -0.15) is 0 Å². The number of carbonyl (C=O) groups excluding carboxylic acids is 1. The lowest BCUT2D eigenvalue weighted by Crippen LogP contribution is -2.13. The predicted octanol–water partition coefficient (Wildman–Crippen LogP) is 2.91. The van der Waals surface area contributed by atoms with Crippen molar-refractivity contribution in [1.82, 2.24) is 9.97 Å². The molecule has 0 spiro atoms. The van der Waals surface area contributed by atoms with E-state index in [0.29, 0.717) is 35.8 Å². The highest BCUT2D eigenvalue weighted by Gasteiger charge is 2.33. The van der Waals surface area contributed by atoms with Crippen molar-refractivity contribution in [2.45, 2.75) is 38.4 Å². The third-order valence-electron chi connectivity index (χ3n) is 4.82. The number of hydrogen-bond donors (Lipinski definition) is 1. The van der Waals surface area contributed by atoms with Crippen molar-refractivity contribution < 1.29 is 9.53 Å². The Bertz CT molecular complexity index is 842. The molecular weight excluding hydrogens is 344 g/mol. The number of esters is 1. The number of thiophene rings is 1. The maximum Gasteiger partial charge on any atom is 0.315 e. The van der Waals surface area contributed by atoms with E-state index in [2.05, 4.69) is 16.9 Å². The zero-order valence-corrected chi connectivity index (χ0v) is 15.2. The van der Waals surface area contributed by atoms with Gasteiger partial charge in [-0.15, -0.1) is 23.1 Å². The van der Waals surface area contributed by atoms with E-state index in [1.54, 1.807) is 11.3 Å². The Kier molecular flexibility index (Phi) is 4.39. The van der Waals surface area contributed by atoms with E-state index >= 15 is 0 Å². The largest absolute Gasteiger partial charge is 0.465 e. The summed E-state index contributed by atoms with van der Waals surface area (Å²) in [5, 5.41) is 0.777. The zero-order valence-electron chi connectivity index (χ0n) is 13.6. The van der Waals surface area contributed by atoms with Gasteiger partial charge in [0.25, 0.3) is 5.56 Å². The summed E-state index contributed by atoms with van der Waals surface area (Å²) in [6.07, 6.45) is 4.34. The van der Waals surface area contributed by atoms with Gasteiger partial charge in [-0.1, -0.05) is 6.92 Å². The highest BCUT2D eigenvalue weighted by Crippen LogP contribution is 2.37. The number of nitrogens with zero attached hydrogens (tertiary/aromatic N) is 1. The van der Waals surface area contributed by atoms with Gasteiger partial charge in [0, 0.05) is 4.88 Å². The topological polar surface area (TPSA) is 72.0 Å². The molecule has 0 bridgehead atoms. The standard InChI is InChI=1S/C17H20N2O3S2/c1-9-5-10(9)6-22-14(20)8-23-7-13-18-16(21)15-11-3-2-4-12(11)24-17(15)19-13/h9-10H,2-8H2,1H3,(H,18,19,21)/t9-,10+/m0/s1. The number of nitrogens with one attached hydrogen (secondary N) is 1. The number of H-pyrrole nitrogens is 1. The number of aromatic amines is 1. The molecule has 0 saturated heterocycles. The summed E-state index contributed by atoms with van der Waals surface area (Å²) >= 11 is 3.07. The molecule has 0 aromatic carbocycles. The Morgan fingerprint density at radius 1 is 1.46 bits per heavy atom. The van der Waals surface area contributed by atoms with Crippen LogP contribution in [0.15, 0.2) is 4.79 Å². The van der Waals surface area contributed by atoms with Crippen molar-refractivity contribution in [2.75, 3.05) is 12.4 Å². The van der Waals surface area contributed by atoms with Gasteiger partial charge in [-0.3, -0.25) is 9.59 Å². The van der Waals surface area contributed by atoms with Crippen molar-refractivity contribution in [3.63, 3.8) is 0 Å². The summed E-state index contributed by atoms with van der Waals surface area (Å²) in [6.45, 7) is 2.72. The van der Waals surface area contributed by atoms with Gasteiger partial charge in [0.2, 0.25) is 0 Å². The molecule has 0 radical (unpaired) electrons. The third-order valence-corrected chi connectivity index (χ3v) is 6.92. The van der Waals surface area contributed by atoms with Crippen molar-refractivity contribution in [2.24, 2.45) is 11.8 Å². The second-order valence-electron chi connectivity index (χ2n) is 6.70. The van der Waals surface area contributed by atoms with Crippen molar-refractivity contribution in [3.8, 4) is 0 Å². The average molecular weight is 364 g/mol. The highest BCUT2D eigenvalue weighted by atomic mass is 32.2. The maximum absolute atomic E-state index is 12.3. The van der Waals surface area contributed by atoms with Crippen LogP contribution >= 0.6 is 23.1 Å². The number of carbonyl (C=O) groups is 1. The van der Waals surface area contributed by atoms with Crippen LogP contribution in [-0.2, 0) is 28.1 Å². The molecule has 0 aliphatic heterocycles. The number of thioether (sulfide) groups is 1. The van der Waals surface area contributed by atoms with Crippen LogP contribution in [0, 0.1) is 11.8 Å². The van der Waals surface area contributed by atoms with Gasteiger partial charge in [-0.25, -0.2) is 4.98 Å². The number of fused-ring (bicyclic) bond motifs is 3. The Morgan fingerprint density at radius 2 is 2.29 bits per heavy atom. The van der Waals surface area contributed by atoms with Gasteiger partial charge >= 0.3 is 5.97 Å². The second kappa shape index (κ2) is 6.52. The lowest BCUT2D eigenvalue weighted by atomic mass is 10.2. The van der Waals surface area contributed by atoms with Crippen LogP contribution in [0.3, 0.4) is 0 Å². The molecule has 24 heavy (non-hydrogen) atoms. The molecule has 2 atom stereocenters. The molecule has 5 nitrogen and oxygen atoms in total. The van der Waals surface area contributed by atoms with E-state index in [1.807, 2.05) is 0 Å². The Morgan fingerprint density at radius 3 is 3.08 bits per heavy atom. The SMILES string of the molecule is C[C@H]1C[C@@H]1COC(=O)CSCc1nc2sc3c(c2c(=O)[nH]1)CCC3. The summed E-state index contributed by atoms with van der Waals surface area (Å²) in [5.41, 5.74) is 1.15. The van der Waals surface area contributed by atoms with E-state index in [0.717, 1.165) is 35.9 Å². The molecular formula is C17H20N2O3S2. The number of hydrogen-bond acceptors (Lipinski definition) is 6. The Labute approximate surface area is 148 Å². The lowest BCUT2D eigenvalue weighted by Gasteiger charge is -2.04. The number of rotatable bonds is 6. The molecule has 1 N–H and O–H groups in total. The van der Waals surface area contributed by atoms with Gasteiger partial charge in [0.1, 0.15) is 10.7 Å². The molecule has 1 saturated carbocycles. The quantitative estimate of drug-likeness (QED) is 0.798. The smallest absolute Gasteiger partial charge is 0.315 e. The molecule has 2 aliphatic carbocycles. The molecule has 2 heterocycles. The van der Waals surface area contributed by atoms with E-state index in [1.165, 1.54) is 22.2 Å². The number of aromatic nitrogens is 2. The minimum atomic E-state index is -0.183. The van der Waals surface area contributed by atoms with E-state index < -0.39 is 0 Å². The van der Waals surface area contributed by atoms with Crippen LogP contribution in [0.25, 0.3) is 10.2 Å². The van der Waals surface area contributed by atoms with E-state index in [-0.39, 0.29) is 11.5 Å². The molecule has 7 heteroatoms. The molecule has 0 amide bonds. The summed E-state index contributed by atoms with van der Waals surface area (Å²) in [7, 11) is 0. The summed E-state index contributed by atoms with van der Waals surface area (Å²) in [4.78, 5) is 33.7. The van der Waals surface area contributed by atoms with Gasteiger partial charge < -0.3 is 9.72 Å². The highest BCUT2D eigenvalue weighted by molar-refractivity contribution is 7.99. The summed E-state index contributed by atoms with van der Waals surface area (Å²) in [5.74, 6) is 2.52. The molecule has 128 valence electrons. The third kappa shape index (κ3) is 3.24. The minimum Gasteiger partial charge on any atom is -0.465 e. The van der Waals surface area contributed by atoms with E-state index in [4.69, 9.17) is 4.74 Å². The summed E-state index contributed by atoms with van der Waals surface area (Å²) < 4.78 is 5.26. The first-order valence-corrected chi connectivity index (χ1v) is 10.4. The second-order valence-corrected chi connectivity index (χ2v) is 8.77. The molecule has 1 fully saturated rings. The van der Waals surface area contributed by atoms with Crippen LogP contribution in [0.5, 0.6) is 0 Å². The fourth-order valence-corrected chi connectivity index (χ4v) is 5.18. The predicted molar refractivity (Wildman–Crippen MR) is 96.7 cm³/mol. The zero-order chi connectivity index (χ0) is 16.7.